The number of unbranched alkanes of at least 4 members (excludes halogenated alkanes) is 1. The molecule has 1 aromatic carbocycles. The van der Waals surface area contributed by atoms with E-state index in [1.54, 1.807) is 6.07 Å². The molecule has 0 bridgehead atoms. The molecule has 0 atom stereocenters. The van der Waals surface area contributed by atoms with E-state index in [0.717, 1.165) is 24.0 Å². The topological polar surface area (TPSA) is 61.8 Å². The first-order valence-corrected chi connectivity index (χ1v) is 7.03. The minimum Gasteiger partial charge on any atom is -0.496 e. The Hall–Kier alpha value is -2.30. The van der Waals surface area contributed by atoms with Gasteiger partial charge in [-0.05, 0) is 43.0 Å². The third kappa shape index (κ3) is 4.91. The van der Waals surface area contributed by atoms with Gasteiger partial charge >= 0.3 is 11.9 Å². The molecule has 0 heterocycles. The van der Waals surface area contributed by atoms with Crippen molar-refractivity contribution in [3.05, 3.63) is 34.9 Å². The number of aryl methyl sites for hydroxylation is 1. The lowest BCUT2D eigenvalue weighted by Crippen LogP contribution is -2.05. The van der Waals surface area contributed by atoms with Crippen LogP contribution in [0.1, 0.15) is 40.7 Å². The van der Waals surface area contributed by atoms with Crippen molar-refractivity contribution in [2.45, 2.75) is 26.2 Å². The molecule has 5 heteroatoms. The van der Waals surface area contributed by atoms with Gasteiger partial charge in [0.2, 0.25) is 0 Å². The van der Waals surface area contributed by atoms with Crippen LogP contribution in [0.15, 0.2) is 18.2 Å². The van der Waals surface area contributed by atoms with Crippen molar-refractivity contribution in [3.8, 4) is 5.75 Å². The Bertz CT molecular complexity index is 560. The Morgan fingerprint density at radius 2 is 1.86 bits per heavy atom. The van der Waals surface area contributed by atoms with Crippen LogP contribution in [0.4, 0.5) is 0 Å². The second-order valence-corrected chi connectivity index (χ2v) is 4.78. The van der Waals surface area contributed by atoms with Crippen LogP contribution in [-0.2, 0) is 14.3 Å². The van der Waals surface area contributed by atoms with E-state index in [2.05, 4.69) is 4.74 Å². The average molecular weight is 306 g/mol. The molecule has 0 aliphatic heterocycles. The SMILES string of the molecule is COC(=O)CCC/C=C/c1cc(C)c(OC)c(C(=O)OC)c1. The van der Waals surface area contributed by atoms with Crippen LogP contribution in [0.2, 0.25) is 0 Å². The average Bonchev–Trinajstić information content (AvgIpc) is 2.52. The van der Waals surface area contributed by atoms with Crippen molar-refractivity contribution in [3.63, 3.8) is 0 Å². The summed E-state index contributed by atoms with van der Waals surface area (Å²) in [5.41, 5.74) is 2.15. The van der Waals surface area contributed by atoms with Crippen LogP contribution in [-0.4, -0.2) is 33.3 Å². The van der Waals surface area contributed by atoms with E-state index in [9.17, 15) is 9.59 Å². The van der Waals surface area contributed by atoms with Gasteiger partial charge in [0.25, 0.3) is 0 Å². The molecule has 0 saturated carbocycles. The molecule has 0 unspecified atom stereocenters. The number of hydrogen-bond donors (Lipinski definition) is 0. The number of rotatable bonds is 7. The number of hydrogen-bond acceptors (Lipinski definition) is 5. The summed E-state index contributed by atoms with van der Waals surface area (Å²) in [7, 11) is 4.25. The molecule has 0 saturated heterocycles. The van der Waals surface area contributed by atoms with E-state index < -0.39 is 5.97 Å². The zero-order valence-electron chi connectivity index (χ0n) is 13.5. The highest BCUT2D eigenvalue weighted by Crippen LogP contribution is 2.26. The summed E-state index contributed by atoms with van der Waals surface area (Å²) in [6.07, 6.45) is 5.76. The summed E-state index contributed by atoms with van der Waals surface area (Å²) in [6.45, 7) is 1.87. The molecular weight excluding hydrogens is 284 g/mol. The number of carbonyl (C=O) groups is 2. The van der Waals surface area contributed by atoms with E-state index in [0.29, 0.717) is 17.7 Å². The second-order valence-electron chi connectivity index (χ2n) is 4.78. The van der Waals surface area contributed by atoms with E-state index in [1.165, 1.54) is 21.3 Å². The van der Waals surface area contributed by atoms with Crippen LogP contribution in [0.3, 0.4) is 0 Å². The molecule has 0 spiro atoms. The summed E-state index contributed by atoms with van der Waals surface area (Å²) < 4.78 is 14.6. The number of methoxy groups -OCH3 is 3. The number of carbonyl (C=O) groups excluding carboxylic acids is 2. The summed E-state index contributed by atoms with van der Waals surface area (Å²) in [5, 5.41) is 0. The molecule has 0 amide bonds. The van der Waals surface area contributed by atoms with Gasteiger partial charge < -0.3 is 14.2 Å². The number of allylic oxidation sites excluding steroid dienone is 1. The van der Waals surface area contributed by atoms with Gasteiger partial charge in [0, 0.05) is 6.42 Å². The molecule has 0 radical (unpaired) electrons. The first kappa shape index (κ1) is 17.8. The molecule has 0 aliphatic rings. The molecule has 1 rings (SSSR count). The van der Waals surface area contributed by atoms with Crippen molar-refractivity contribution in [1.29, 1.82) is 0 Å². The van der Waals surface area contributed by atoms with Crippen molar-refractivity contribution in [2.24, 2.45) is 0 Å². The van der Waals surface area contributed by atoms with Gasteiger partial charge in [0.05, 0.1) is 21.3 Å². The summed E-state index contributed by atoms with van der Waals surface area (Å²) >= 11 is 0. The fourth-order valence-electron chi connectivity index (χ4n) is 2.12. The van der Waals surface area contributed by atoms with Crippen molar-refractivity contribution >= 4 is 18.0 Å². The van der Waals surface area contributed by atoms with Gasteiger partial charge in [-0.25, -0.2) is 4.79 Å². The van der Waals surface area contributed by atoms with E-state index >= 15 is 0 Å². The lowest BCUT2D eigenvalue weighted by molar-refractivity contribution is -0.140. The quantitative estimate of drug-likeness (QED) is 0.572. The minimum atomic E-state index is -0.430. The molecule has 0 aliphatic carbocycles. The second kappa shape index (κ2) is 8.87. The smallest absolute Gasteiger partial charge is 0.341 e. The molecule has 0 fully saturated rings. The van der Waals surface area contributed by atoms with Crippen LogP contribution >= 0.6 is 0 Å². The zero-order chi connectivity index (χ0) is 16.5. The van der Waals surface area contributed by atoms with Crippen LogP contribution in [0, 0.1) is 6.92 Å². The number of esters is 2. The van der Waals surface area contributed by atoms with Gasteiger partial charge in [-0.3, -0.25) is 4.79 Å². The first-order chi connectivity index (χ1) is 10.5. The highest BCUT2D eigenvalue weighted by atomic mass is 16.5. The molecular formula is C17H22O5. The lowest BCUT2D eigenvalue weighted by atomic mass is 10.0. The summed E-state index contributed by atoms with van der Waals surface area (Å²) in [6, 6.07) is 3.66. The van der Waals surface area contributed by atoms with E-state index in [1.807, 2.05) is 25.1 Å². The van der Waals surface area contributed by atoms with Gasteiger partial charge in [0.15, 0.2) is 0 Å². The monoisotopic (exact) mass is 306 g/mol. The minimum absolute atomic E-state index is 0.207. The van der Waals surface area contributed by atoms with Crippen molar-refractivity contribution < 1.29 is 23.8 Å². The molecule has 1 aromatic rings. The molecule has 5 nitrogen and oxygen atoms in total. The van der Waals surface area contributed by atoms with Gasteiger partial charge in [-0.15, -0.1) is 0 Å². The molecule has 0 N–H and O–H groups in total. The lowest BCUT2D eigenvalue weighted by Gasteiger charge is -2.11. The Labute approximate surface area is 130 Å². The Morgan fingerprint density at radius 3 is 2.45 bits per heavy atom. The van der Waals surface area contributed by atoms with E-state index in [-0.39, 0.29) is 5.97 Å². The van der Waals surface area contributed by atoms with Crippen LogP contribution in [0.25, 0.3) is 6.08 Å². The Balaban J connectivity index is 2.81. The zero-order valence-corrected chi connectivity index (χ0v) is 13.5. The van der Waals surface area contributed by atoms with Gasteiger partial charge in [0.1, 0.15) is 11.3 Å². The molecule has 22 heavy (non-hydrogen) atoms. The third-order valence-corrected chi connectivity index (χ3v) is 3.20. The largest absolute Gasteiger partial charge is 0.496 e. The first-order valence-electron chi connectivity index (χ1n) is 7.03. The highest BCUT2D eigenvalue weighted by Gasteiger charge is 2.15. The van der Waals surface area contributed by atoms with Gasteiger partial charge in [-0.2, -0.15) is 0 Å². The predicted octanol–water partition coefficient (Wildman–Crippen LogP) is 3.15. The maximum atomic E-state index is 11.8. The standard InChI is InChI=1S/C17H22O5/c1-12-10-13(8-6-5-7-9-15(18)20-2)11-14(16(12)21-3)17(19)22-4/h6,8,10-11H,5,7,9H2,1-4H3/b8-6+. The Kier molecular flexibility index (Phi) is 7.16. The fourth-order valence-corrected chi connectivity index (χ4v) is 2.12. The molecule has 0 aromatic heterocycles. The molecule has 120 valence electrons. The van der Waals surface area contributed by atoms with E-state index in [4.69, 9.17) is 9.47 Å². The van der Waals surface area contributed by atoms with Crippen LogP contribution in [0.5, 0.6) is 5.75 Å². The predicted molar refractivity (Wildman–Crippen MR) is 84.0 cm³/mol. The van der Waals surface area contributed by atoms with Gasteiger partial charge in [-0.1, -0.05) is 12.2 Å². The van der Waals surface area contributed by atoms with Crippen LogP contribution < -0.4 is 4.74 Å². The third-order valence-electron chi connectivity index (χ3n) is 3.20. The Morgan fingerprint density at radius 1 is 1.14 bits per heavy atom. The number of benzene rings is 1. The van der Waals surface area contributed by atoms with Crippen molar-refractivity contribution in [1.82, 2.24) is 0 Å². The normalized spacial score (nSPS) is 10.5. The summed E-state index contributed by atoms with van der Waals surface area (Å²) in [4.78, 5) is 22.8. The maximum Gasteiger partial charge on any atom is 0.341 e. The van der Waals surface area contributed by atoms with Crippen molar-refractivity contribution in [2.75, 3.05) is 21.3 Å². The fraction of sp³-hybridized carbons (Fsp3) is 0.412. The summed E-state index contributed by atoms with van der Waals surface area (Å²) in [5.74, 6) is -0.114. The number of ether oxygens (including phenoxy) is 3. The maximum absolute atomic E-state index is 11.8. The highest BCUT2D eigenvalue weighted by molar-refractivity contribution is 5.93.